The van der Waals surface area contributed by atoms with Crippen LogP contribution in [0, 0.1) is 5.82 Å². The summed E-state index contributed by atoms with van der Waals surface area (Å²) in [7, 11) is 0. The molecular formula is C22H17BrFN3O2S. The zero-order valence-electron chi connectivity index (χ0n) is 15.7. The monoisotopic (exact) mass is 485 g/mol. The third-order valence-electron chi connectivity index (χ3n) is 4.41. The van der Waals surface area contributed by atoms with Crippen LogP contribution in [0.3, 0.4) is 0 Å². The number of hydrazone groups is 1. The number of carbonyl (C=O) groups excluding carboxylic acids is 1. The zero-order valence-corrected chi connectivity index (χ0v) is 18.1. The second kappa shape index (κ2) is 9.23. The van der Waals surface area contributed by atoms with Crippen molar-refractivity contribution < 1.29 is 13.9 Å². The van der Waals surface area contributed by atoms with Crippen molar-refractivity contribution in [1.29, 1.82) is 0 Å². The van der Waals surface area contributed by atoms with Gasteiger partial charge in [-0.05, 0) is 47.8 Å². The predicted molar refractivity (Wildman–Crippen MR) is 121 cm³/mol. The Morgan fingerprint density at radius 1 is 1.17 bits per heavy atom. The highest BCUT2D eigenvalue weighted by Gasteiger charge is 2.26. The fraction of sp³-hybridized carbons (Fsp3) is 0.0909. The Kier molecular flexibility index (Phi) is 6.25. The van der Waals surface area contributed by atoms with Crippen molar-refractivity contribution in [2.24, 2.45) is 5.10 Å². The van der Waals surface area contributed by atoms with Crippen LogP contribution >= 0.6 is 27.3 Å². The average Bonchev–Trinajstić information content (AvgIpc) is 3.40. The lowest BCUT2D eigenvalue weighted by atomic mass is 10.1. The van der Waals surface area contributed by atoms with E-state index in [2.05, 4.69) is 31.8 Å². The Balaban J connectivity index is 1.58. The lowest BCUT2D eigenvalue weighted by molar-refractivity contribution is -0.114. The zero-order chi connectivity index (χ0) is 20.9. The van der Waals surface area contributed by atoms with E-state index >= 15 is 0 Å². The summed E-state index contributed by atoms with van der Waals surface area (Å²) in [5.74, 6) is 0.0924. The highest BCUT2D eigenvalue weighted by molar-refractivity contribution is 9.10. The number of carbonyl (C=O) groups is 1. The normalized spacial score (nSPS) is 14.1. The summed E-state index contributed by atoms with van der Waals surface area (Å²) < 4.78 is 20.3. The molecule has 0 unspecified atom stereocenters. The standard InChI is InChI=1S/C22H17BrFN3O2S/c23-15-5-9-17(10-6-15)26-27-18(14-3-7-16(24)8-4-14)13-29-19-12-25-22(28)21(19)20-2-1-11-30-20/h1-11,26H,12-13H2,(H,25,28). The summed E-state index contributed by atoms with van der Waals surface area (Å²) in [4.78, 5) is 13.1. The van der Waals surface area contributed by atoms with Gasteiger partial charge in [-0.3, -0.25) is 10.2 Å². The van der Waals surface area contributed by atoms with Crippen LogP contribution in [0.25, 0.3) is 5.57 Å². The molecule has 4 rings (SSSR count). The number of rotatable bonds is 7. The van der Waals surface area contributed by atoms with Gasteiger partial charge in [0.05, 0.1) is 17.8 Å². The number of hydrogen-bond donors (Lipinski definition) is 2. The molecule has 0 atom stereocenters. The first-order valence-electron chi connectivity index (χ1n) is 9.12. The second-order valence-electron chi connectivity index (χ2n) is 6.43. The first kappa shape index (κ1) is 20.3. The Hall–Kier alpha value is -2.97. The van der Waals surface area contributed by atoms with Crippen LogP contribution in [0.1, 0.15) is 10.4 Å². The second-order valence-corrected chi connectivity index (χ2v) is 8.29. The van der Waals surface area contributed by atoms with Crippen molar-refractivity contribution in [2.75, 3.05) is 18.6 Å². The van der Waals surface area contributed by atoms with Crippen molar-refractivity contribution in [3.05, 3.63) is 92.5 Å². The SMILES string of the molecule is O=C1NCC(OCC(=NNc2ccc(Br)cc2)c2ccc(F)cc2)=C1c1cccs1. The van der Waals surface area contributed by atoms with Crippen molar-refractivity contribution in [3.8, 4) is 0 Å². The number of nitrogens with one attached hydrogen (secondary N) is 2. The number of benzene rings is 2. The number of thiophene rings is 1. The van der Waals surface area contributed by atoms with Crippen LogP contribution in [-0.4, -0.2) is 24.8 Å². The molecule has 0 fully saturated rings. The molecule has 0 bridgehead atoms. The minimum Gasteiger partial charge on any atom is -0.489 e. The topological polar surface area (TPSA) is 62.7 Å². The molecular weight excluding hydrogens is 469 g/mol. The largest absolute Gasteiger partial charge is 0.489 e. The van der Waals surface area contributed by atoms with Gasteiger partial charge in [-0.25, -0.2) is 4.39 Å². The molecule has 30 heavy (non-hydrogen) atoms. The average molecular weight is 486 g/mol. The first-order chi connectivity index (χ1) is 14.6. The van der Waals surface area contributed by atoms with Crippen molar-refractivity contribution in [1.82, 2.24) is 5.32 Å². The van der Waals surface area contributed by atoms with Crippen molar-refractivity contribution >= 4 is 50.1 Å². The van der Waals surface area contributed by atoms with Crippen LogP contribution in [0.15, 0.2) is 81.4 Å². The maximum atomic E-state index is 13.4. The van der Waals surface area contributed by atoms with E-state index < -0.39 is 0 Å². The highest BCUT2D eigenvalue weighted by Crippen LogP contribution is 2.27. The quantitative estimate of drug-likeness (QED) is 0.364. The summed E-state index contributed by atoms with van der Waals surface area (Å²) in [6, 6.07) is 17.4. The molecule has 1 aromatic heterocycles. The lowest BCUT2D eigenvalue weighted by Gasteiger charge is -2.12. The van der Waals surface area contributed by atoms with Gasteiger partial charge in [-0.15, -0.1) is 11.3 Å². The molecule has 2 aromatic carbocycles. The van der Waals surface area contributed by atoms with Crippen LogP contribution < -0.4 is 10.7 Å². The van der Waals surface area contributed by atoms with E-state index in [1.54, 1.807) is 12.1 Å². The van der Waals surface area contributed by atoms with Crippen LogP contribution in [0.4, 0.5) is 10.1 Å². The van der Waals surface area contributed by atoms with Gasteiger partial charge in [0, 0.05) is 14.9 Å². The first-order valence-corrected chi connectivity index (χ1v) is 10.8. The van der Waals surface area contributed by atoms with Crippen LogP contribution in [0.2, 0.25) is 0 Å². The van der Waals surface area contributed by atoms with Gasteiger partial charge in [-0.1, -0.05) is 34.1 Å². The van der Waals surface area contributed by atoms with Crippen molar-refractivity contribution in [3.63, 3.8) is 0 Å². The molecule has 1 aliphatic heterocycles. The van der Waals surface area contributed by atoms with E-state index in [1.807, 2.05) is 41.8 Å². The van der Waals surface area contributed by atoms with Crippen LogP contribution in [-0.2, 0) is 9.53 Å². The number of hydrogen-bond acceptors (Lipinski definition) is 5. The summed E-state index contributed by atoms with van der Waals surface area (Å²) in [6.07, 6.45) is 0. The number of amides is 1. The molecule has 152 valence electrons. The minimum absolute atomic E-state index is 0.119. The lowest BCUT2D eigenvalue weighted by Crippen LogP contribution is -2.18. The molecule has 0 spiro atoms. The summed E-state index contributed by atoms with van der Waals surface area (Å²) >= 11 is 4.88. The molecule has 1 aliphatic rings. The van der Waals surface area contributed by atoms with E-state index in [0.717, 1.165) is 20.6 Å². The summed E-state index contributed by atoms with van der Waals surface area (Å²) in [5, 5.41) is 9.19. The van der Waals surface area contributed by atoms with Gasteiger partial charge in [0.1, 0.15) is 23.9 Å². The Bertz CT molecular complexity index is 1090. The van der Waals surface area contributed by atoms with Crippen LogP contribution in [0.5, 0.6) is 0 Å². The smallest absolute Gasteiger partial charge is 0.256 e. The molecule has 8 heteroatoms. The molecule has 2 N–H and O–H groups in total. The van der Waals surface area contributed by atoms with Crippen molar-refractivity contribution in [2.45, 2.75) is 0 Å². The number of halogens is 2. The third kappa shape index (κ3) is 4.77. The maximum Gasteiger partial charge on any atom is 0.256 e. The molecule has 0 saturated heterocycles. The summed E-state index contributed by atoms with van der Waals surface area (Å²) in [5.41, 5.74) is 5.65. The fourth-order valence-electron chi connectivity index (χ4n) is 2.89. The summed E-state index contributed by atoms with van der Waals surface area (Å²) in [6.45, 7) is 0.442. The Morgan fingerprint density at radius 2 is 1.93 bits per heavy atom. The van der Waals surface area contributed by atoms with E-state index in [9.17, 15) is 9.18 Å². The van der Waals surface area contributed by atoms with E-state index in [4.69, 9.17) is 4.74 Å². The number of nitrogens with zero attached hydrogens (tertiary/aromatic N) is 1. The van der Waals surface area contributed by atoms with Gasteiger partial charge in [-0.2, -0.15) is 5.10 Å². The van der Waals surface area contributed by atoms with Gasteiger partial charge in [0.2, 0.25) is 0 Å². The third-order valence-corrected chi connectivity index (χ3v) is 5.82. The number of anilines is 1. The fourth-order valence-corrected chi connectivity index (χ4v) is 3.94. The molecule has 0 saturated carbocycles. The Morgan fingerprint density at radius 3 is 2.63 bits per heavy atom. The predicted octanol–water partition coefficient (Wildman–Crippen LogP) is 5.02. The molecule has 0 aliphatic carbocycles. The van der Waals surface area contributed by atoms with Gasteiger partial charge in [0.15, 0.2) is 0 Å². The van der Waals surface area contributed by atoms with E-state index in [-0.39, 0.29) is 18.3 Å². The molecule has 3 aromatic rings. The Labute approximate surface area is 185 Å². The highest BCUT2D eigenvalue weighted by atomic mass is 79.9. The van der Waals surface area contributed by atoms with Gasteiger partial charge in [0.25, 0.3) is 5.91 Å². The minimum atomic E-state index is -0.326. The van der Waals surface area contributed by atoms with Gasteiger partial charge >= 0.3 is 0 Å². The van der Waals surface area contributed by atoms with E-state index in [1.165, 1.54) is 23.5 Å². The molecule has 2 heterocycles. The van der Waals surface area contributed by atoms with Gasteiger partial charge < -0.3 is 10.1 Å². The molecule has 1 amide bonds. The molecule has 5 nitrogen and oxygen atoms in total. The van der Waals surface area contributed by atoms with E-state index in [0.29, 0.717) is 23.6 Å². The molecule has 0 radical (unpaired) electrons. The maximum absolute atomic E-state index is 13.4. The number of ether oxygens (including phenoxy) is 1.